The van der Waals surface area contributed by atoms with Crippen LogP contribution in [0.3, 0.4) is 0 Å². The van der Waals surface area contributed by atoms with Crippen molar-refractivity contribution in [2.75, 3.05) is 4.90 Å². The van der Waals surface area contributed by atoms with Gasteiger partial charge in [0.05, 0.1) is 75.3 Å². The Kier molecular flexibility index (Phi) is 7.65. The van der Waals surface area contributed by atoms with Crippen LogP contribution in [0, 0.1) is 13.1 Å². The van der Waals surface area contributed by atoms with E-state index in [0.29, 0.717) is 11.4 Å². The van der Waals surface area contributed by atoms with E-state index < -0.39 is 5.41 Å². The Morgan fingerprint density at radius 3 is 1.70 bits per heavy atom. The topological polar surface area (TPSA) is 66.1 Å². The van der Waals surface area contributed by atoms with Crippen molar-refractivity contribution in [2.24, 2.45) is 0 Å². The highest BCUT2D eigenvalue weighted by molar-refractivity contribution is 6.12. The second kappa shape index (κ2) is 14.0. The van der Waals surface area contributed by atoms with Gasteiger partial charge in [-0.2, -0.15) is 0 Å². The number of fused-ring (bicyclic) bond motifs is 17. The van der Waals surface area contributed by atoms with Crippen molar-refractivity contribution < 1.29 is 9.47 Å². The summed E-state index contributed by atoms with van der Waals surface area (Å²) in [7, 11) is 0. The van der Waals surface area contributed by atoms with Crippen molar-refractivity contribution in [3.63, 3.8) is 0 Å². The third-order valence-electron chi connectivity index (χ3n) is 14.4. The molecule has 0 saturated carbocycles. The van der Waals surface area contributed by atoms with Crippen molar-refractivity contribution in [3.05, 3.63) is 246 Å². The fourth-order valence-corrected chi connectivity index (χ4v) is 11.6. The predicted molar refractivity (Wildman–Crippen MR) is 275 cm³/mol. The van der Waals surface area contributed by atoms with E-state index in [4.69, 9.17) is 32.6 Å². The molecule has 0 saturated heterocycles. The Balaban J connectivity index is 0.943. The number of benzene rings is 8. The van der Waals surface area contributed by atoms with Gasteiger partial charge in [0, 0.05) is 51.1 Å². The van der Waals surface area contributed by atoms with Gasteiger partial charge in [-0.25, -0.2) is 9.69 Å². The second-order valence-corrected chi connectivity index (χ2v) is 17.9. The molecule has 8 aromatic carbocycles. The highest BCUT2D eigenvalue weighted by atomic mass is 16.5. The lowest BCUT2D eigenvalue weighted by Crippen LogP contribution is -2.32. The molecule has 0 amide bonds. The molecule has 0 N–H and O–H groups in total. The lowest BCUT2D eigenvalue weighted by molar-refractivity contribution is 0.436. The van der Waals surface area contributed by atoms with Gasteiger partial charge in [-0.15, -0.1) is 0 Å². The van der Waals surface area contributed by atoms with Crippen LogP contribution in [-0.2, 0) is 5.41 Å². The summed E-state index contributed by atoms with van der Waals surface area (Å²) in [6.07, 6.45) is 3.76. The predicted octanol–water partition coefficient (Wildman–Crippen LogP) is 15.8. The first-order valence-corrected chi connectivity index (χ1v) is 23.0. The molecule has 9 heteroatoms. The first-order chi connectivity index (χ1) is 34.6. The number of hydrogen-bond acceptors (Lipinski definition) is 5. The van der Waals surface area contributed by atoms with E-state index >= 15 is 0 Å². The van der Waals surface area contributed by atoms with Crippen LogP contribution in [-0.4, -0.2) is 19.1 Å². The van der Waals surface area contributed by atoms with Gasteiger partial charge in [0.2, 0.25) is 0 Å². The average Bonchev–Trinajstić information content (AvgIpc) is 4.03. The fraction of sp³-hybridized carbons (Fsp3) is 0.0164. The lowest BCUT2D eigenvalue weighted by Gasteiger charge is -2.39. The molecule has 1 unspecified atom stereocenters. The Labute approximate surface area is 400 Å². The summed E-state index contributed by atoms with van der Waals surface area (Å²) in [5, 5.41) is 4.07. The van der Waals surface area contributed by atoms with Gasteiger partial charge >= 0.3 is 0 Å². The SMILES string of the molecule is [C-]#[N+]c1ccc2c(c1)c1cc([N+]#[C-])ccc1n2-c1cnc2c(c1)C1(c3ccccc3Oc3cc(-n4c5ccccc5c5cc(N6c7ccccc7Oc7ccccc76)ccc54)ccc31)c1cccnc1-2. The van der Waals surface area contributed by atoms with Crippen LogP contribution >= 0.6 is 0 Å². The molecular weight excluding hydrogens is 863 g/mol. The second-order valence-electron chi connectivity index (χ2n) is 17.9. The van der Waals surface area contributed by atoms with E-state index in [9.17, 15) is 0 Å². The highest BCUT2D eigenvalue weighted by Crippen LogP contribution is 2.62. The fourth-order valence-electron chi connectivity index (χ4n) is 11.6. The normalized spacial score (nSPS) is 14.8. The monoisotopic (exact) mass is 895 g/mol. The molecular formula is C61H33N7O2. The van der Waals surface area contributed by atoms with Crippen molar-refractivity contribution in [3.8, 4) is 45.8 Å². The summed E-state index contributed by atoms with van der Waals surface area (Å²) >= 11 is 0. The standard InChI is InChI=1S/C61H33N7O2/c1-62-36-21-26-50-42(30-36)43-31-37(63-2)22-27-51(43)68(50)40-33-48-60(65-35-40)59-47(14-11-29-64-59)61(48)45-13-4-8-18-55(45)69-58-34-39(23-25-46(58)61)66-49-15-5-3-12-41(49)44-32-38(24-28-52(44)66)67-53-16-6-9-19-56(53)70-57-20-10-7-17-54(57)67/h3-35H. The van der Waals surface area contributed by atoms with Crippen molar-refractivity contribution in [2.45, 2.75) is 5.41 Å². The third-order valence-corrected chi connectivity index (χ3v) is 14.4. The van der Waals surface area contributed by atoms with Gasteiger partial charge in [-0.1, -0.05) is 84.9 Å². The zero-order valence-electron chi connectivity index (χ0n) is 37.0. The van der Waals surface area contributed by atoms with Crippen LogP contribution in [0.1, 0.15) is 22.3 Å². The lowest BCUT2D eigenvalue weighted by atomic mass is 9.66. The summed E-state index contributed by atoms with van der Waals surface area (Å²) in [5.41, 5.74) is 14.7. The molecule has 1 atom stereocenters. The van der Waals surface area contributed by atoms with Crippen LogP contribution < -0.4 is 14.4 Å². The largest absolute Gasteiger partial charge is 0.457 e. The van der Waals surface area contributed by atoms with E-state index in [2.05, 4.69) is 139 Å². The number of para-hydroxylation sites is 6. The molecule has 12 aromatic rings. The molecule has 15 rings (SSSR count). The van der Waals surface area contributed by atoms with Crippen molar-refractivity contribution in [1.29, 1.82) is 0 Å². The summed E-state index contributed by atoms with van der Waals surface area (Å²) < 4.78 is 18.0. The summed E-state index contributed by atoms with van der Waals surface area (Å²) in [5.74, 6) is 3.12. The smallest absolute Gasteiger partial charge is 0.188 e. The maximum atomic E-state index is 7.80. The van der Waals surface area contributed by atoms with Crippen molar-refractivity contribution >= 4 is 72.0 Å². The molecule has 1 aliphatic carbocycles. The van der Waals surface area contributed by atoms with Crippen LogP contribution in [0.5, 0.6) is 23.0 Å². The average molecular weight is 896 g/mol. The molecule has 3 aliphatic rings. The zero-order valence-corrected chi connectivity index (χ0v) is 37.0. The minimum Gasteiger partial charge on any atom is -0.457 e. The van der Waals surface area contributed by atoms with Crippen molar-refractivity contribution in [1.82, 2.24) is 19.1 Å². The molecule has 0 bridgehead atoms. The minimum absolute atomic E-state index is 0.540. The van der Waals surface area contributed by atoms with E-state index in [0.717, 1.165) is 129 Å². The molecule has 2 aliphatic heterocycles. The number of aromatic nitrogens is 4. The van der Waals surface area contributed by atoms with E-state index in [1.54, 1.807) is 0 Å². The Morgan fingerprint density at radius 2 is 0.957 bits per heavy atom. The van der Waals surface area contributed by atoms with Gasteiger partial charge in [0.1, 0.15) is 11.5 Å². The molecule has 0 fully saturated rings. The Morgan fingerprint density at radius 1 is 0.400 bits per heavy atom. The first kappa shape index (κ1) is 38.2. The number of ether oxygens (including phenoxy) is 2. The molecule has 0 radical (unpaired) electrons. The molecule has 324 valence electrons. The van der Waals surface area contributed by atoms with Crippen LogP contribution in [0.4, 0.5) is 28.4 Å². The Hall–Kier alpha value is -9.96. The van der Waals surface area contributed by atoms with E-state index in [1.807, 2.05) is 85.2 Å². The van der Waals surface area contributed by atoms with Crippen LogP contribution in [0.2, 0.25) is 0 Å². The molecule has 9 nitrogen and oxygen atoms in total. The number of nitrogens with zero attached hydrogens (tertiary/aromatic N) is 7. The first-order valence-electron chi connectivity index (χ1n) is 23.0. The molecule has 6 heterocycles. The maximum absolute atomic E-state index is 7.80. The summed E-state index contributed by atoms with van der Waals surface area (Å²) in [4.78, 5) is 20.1. The van der Waals surface area contributed by atoms with Gasteiger partial charge in [0.15, 0.2) is 22.9 Å². The third kappa shape index (κ3) is 5.02. The quantitative estimate of drug-likeness (QED) is 0.165. The Bertz CT molecular complexity index is 4260. The molecule has 1 spiro atoms. The molecule has 70 heavy (non-hydrogen) atoms. The number of pyridine rings is 2. The number of anilines is 3. The minimum atomic E-state index is -0.849. The number of rotatable bonds is 3. The highest BCUT2D eigenvalue weighted by Gasteiger charge is 2.52. The summed E-state index contributed by atoms with van der Waals surface area (Å²) in [6, 6.07) is 64.6. The van der Waals surface area contributed by atoms with E-state index in [1.165, 1.54) is 0 Å². The summed E-state index contributed by atoms with van der Waals surface area (Å²) in [6.45, 7) is 15.6. The molecule has 4 aromatic heterocycles. The van der Waals surface area contributed by atoms with E-state index in [-0.39, 0.29) is 0 Å². The van der Waals surface area contributed by atoms with Gasteiger partial charge in [-0.05, 0) is 113 Å². The number of hydrogen-bond donors (Lipinski definition) is 0. The van der Waals surface area contributed by atoms with Crippen LogP contribution in [0.25, 0.3) is 76.1 Å². The van der Waals surface area contributed by atoms with Gasteiger partial charge in [-0.3, -0.25) is 9.97 Å². The zero-order chi connectivity index (χ0) is 46.2. The maximum Gasteiger partial charge on any atom is 0.188 e. The van der Waals surface area contributed by atoms with Crippen LogP contribution in [0.15, 0.2) is 200 Å². The van der Waals surface area contributed by atoms with Gasteiger partial charge in [0.25, 0.3) is 0 Å². The van der Waals surface area contributed by atoms with Gasteiger partial charge < -0.3 is 23.5 Å².